The molecule has 0 bridgehead atoms. The van der Waals surface area contributed by atoms with Gasteiger partial charge in [-0.25, -0.2) is 0 Å². The number of carbonyl (C=O) groups is 3. The number of hydrogen-bond donors (Lipinski definition) is 0. The van der Waals surface area contributed by atoms with Crippen LogP contribution >= 0.6 is 11.8 Å². The first kappa shape index (κ1) is 22.6. The number of thioether (sulfide) groups is 1. The highest BCUT2D eigenvalue weighted by molar-refractivity contribution is 7.99. The van der Waals surface area contributed by atoms with Crippen LogP contribution in [0.25, 0.3) is 11.3 Å². The van der Waals surface area contributed by atoms with E-state index in [1.165, 1.54) is 38.7 Å². The molecule has 0 amide bonds. The SMILES string of the molecule is CC(=O)O[C@@H]1[C@@H](OC(C)=O)[C@H](OC(C)=O)CS[C@H]1Oc1ccc(-c2cnoc2C)nc1. The lowest BCUT2D eigenvalue weighted by atomic mass is 10.1. The van der Waals surface area contributed by atoms with Crippen LogP contribution in [0.3, 0.4) is 0 Å². The summed E-state index contributed by atoms with van der Waals surface area (Å²) >= 11 is 1.27. The predicted molar refractivity (Wildman–Crippen MR) is 108 cm³/mol. The monoisotopic (exact) mass is 450 g/mol. The van der Waals surface area contributed by atoms with Gasteiger partial charge in [0, 0.05) is 26.5 Å². The fourth-order valence-electron chi connectivity index (χ4n) is 3.10. The molecule has 4 atom stereocenters. The van der Waals surface area contributed by atoms with Gasteiger partial charge in [0.05, 0.1) is 23.7 Å². The first-order valence-electron chi connectivity index (χ1n) is 9.42. The van der Waals surface area contributed by atoms with E-state index in [0.29, 0.717) is 17.2 Å². The lowest BCUT2D eigenvalue weighted by molar-refractivity contribution is -0.186. The van der Waals surface area contributed by atoms with Crippen molar-refractivity contribution in [3.63, 3.8) is 0 Å². The second-order valence-corrected chi connectivity index (χ2v) is 7.92. The zero-order valence-corrected chi connectivity index (χ0v) is 18.2. The van der Waals surface area contributed by atoms with E-state index in [0.717, 1.165) is 5.56 Å². The molecular formula is C20H22N2O8S. The Morgan fingerprint density at radius 1 is 1.00 bits per heavy atom. The van der Waals surface area contributed by atoms with Crippen LogP contribution in [0, 0.1) is 6.92 Å². The minimum absolute atomic E-state index is 0.283. The first-order chi connectivity index (χ1) is 14.7. The van der Waals surface area contributed by atoms with Crippen molar-refractivity contribution < 1.29 is 37.9 Å². The van der Waals surface area contributed by atoms with Crippen LogP contribution < -0.4 is 4.74 Å². The Balaban J connectivity index is 1.81. The second-order valence-electron chi connectivity index (χ2n) is 6.79. The van der Waals surface area contributed by atoms with E-state index < -0.39 is 41.7 Å². The van der Waals surface area contributed by atoms with Gasteiger partial charge in [0.25, 0.3) is 0 Å². The maximum atomic E-state index is 11.7. The minimum atomic E-state index is -1.01. The summed E-state index contributed by atoms with van der Waals surface area (Å²) in [5, 5.41) is 3.74. The van der Waals surface area contributed by atoms with E-state index >= 15 is 0 Å². The van der Waals surface area contributed by atoms with Crippen molar-refractivity contribution in [2.24, 2.45) is 0 Å². The van der Waals surface area contributed by atoms with E-state index in [9.17, 15) is 14.4 Å². The molecule has 1 fully saturated rings. The molecule has 2 aromatic rings. The van der Waals surface area contributed by atoms with Crippen LogP contribution in [-0.2, 0) is 28.6 Å². The van der Waals surface area contributed by atoms with Gasteiger partial charge in [0.15, 0.2) is 23.7 Å². The fraction of sp³-hybridized carbons (Fsp3) is 0.450. The molecule has 0 aliphatic carbocycles. The molecule has 31 heavy (non-hydrogen) atoms. The van der Waals surface area contributed by atoms with Crippen molar-refractivity contribution in [2.75, 3.05) is 5.75 Å². The van der Waals surface area contributed by atoms with Gasteiger partial charge in [-0.2, -0.15) is 0 Å². The number of hydrogen-bond acceptors (Lipinski definition) is 11. The summed E-state index contributed by atoms with van der Waals surface area (Å²) in [6.45, 7) is 5.50. The highest BCUT2D eigenvalue weighted by Gasteiger charge is 2.47. The van der Waals surface area contributed by atoms with Crippen molar-refractivity contribution in [3.8, 4) is 17.0 Å². The lowest BCUT2D eigenvalue weighted by Crippen LogP contribution is -2.55. The molecule has 0 spiro atoms. The van der Waals surface area contributed by atoms with Crippen molar-refractivity contribution in [3.05, 3.63) is 30.3 Å². The summed E-state index contributed by atoms with van der Waals surface area (Å²) in [4.78, 5) is 39.2. The summed E-state index contributed by atoms with van der Waals surface area (Å²) in [5.74, 6) is -0.380. The molecule has 0 saturated carbocycles. The zero-order valence-electron chi connectivity index (χ0n) is 17.4. The first-order valence-corrected chi connectivity index (χ1v) is 10.5. The van der Waals surface area contributed by atoms with Crippen molar-refractivity contribution in [1.82, 2.24) is 10.1 Å². The van der Waals surface area contributed by atoms with Gasteiger partial charge in [-0.1, -0.05) is 5.16 Å². The second kappa shape index (κ2) is 9.82. The van der Waals surface area contributed by atoms with Crippen LogP contribution in [0.4, 0.5) is 0 Å². The average molecular weight is 450 g/mol. The third kappa shape index (κ3) is 5.75. The number of esters is 3. The number of nitrogens with zero attached hydrogens (tertiary/aromatic N) is 2. The van der Waals surface area contributed by atoms with E-state index in [1.807, 2.05) is 0 Å². The molecule has 0 radical (unpaired) electrons. The Labute approximate surface area is 182 Å². The van der Waals surface area contributed by atoms with Crippen molar-refractivity contribution in [2.45, 2.75) is 51.4 Å². The molecule has 3 rings (SSSR count). The van der Waals surface area contributed by atoms with E-state index in [4.69, 9.17) is 23.5 Å². The van der Waals surface area contributed by atoms with Crippen LogP contribution in [0.1, 0.15) is 26.5 Å². The normalized spacial score (nSPS) is 23.0. The number of aryl methyl sites for hydroxylation is 1. The van der Waals surface area contributed by atoms with Crippen LogP contribution in [0.15, 0.2) is 29.0 Å². The molecule has 0 N–H and O–H groups in total. The fourth-order valence-corrected chi connectivity index (χ4v) is 4.31. The summed E-state index contributed by atoms with van der Waals surface area (Å²) in [7, 11) is 0. The van der Waals surface area contributed by atoms with Gasteiger partial charge in [-0.3, -0.25) is 19.4 Å². The third-order valence-corrected chi connectivity index (χ3v) is 5.53. The molecule has 11 heteroatoms. The maximum absolute atomic E-state index is 11.7. The number of rotatable bonds is 6. The third-order valence-electron chi connectivity index (χ3n) is 4.32. The Morgan fingerprint density at radius 2 is 1.68 bits per heavy atom. The van der Waals surface area contributed by atoms with Crippen LogP contribution in [0.2, 0.25) is 0 Å². The zero-order chi connectivity index (χ0) is 22.5. The highest BCUT2D eigenvalue weighted by atomic mass is 32.2. The van der Waals surface area contributed by atoms with Crippen LogP contribution in [-0.4, -0.2) is 57.5 Å². The van der Waals surface area contributed by atoms with Crippen molar-refractivity contribution in [1.29, 1.82) is 0 Å². The quantitative estimate of drug-likeness (QED) is 0.475. The highest BCUT2D eigenvalue weighted by Crippen LogP contribution is 2.34. The molecule has 10 nitrogen and oxygen atoms in total. The smallest absolute Gasteiger partial charge is 0.303 e. The predicted octanol–water partition coefficient (Wildman–Crippen LogP) is 2.29. The van der Waals surface area contributed by atoms with Crippen molar-refractivity contribution >= 4 is 29.7 Å². The van der Waals surface area contributed by atoms with Gasteiger partial charge in [0.2, 0.25) is 0 Å². The molecular weight excluding hydrogens is 428 g/mol. The number of pyridine rings is 1. The Hall–Kier alpha value is -3.08. The molecule has 3 heterocycles. The van der Waals surface area contributed by atoms with Gasteiger partial charge in [0.1, 0.15) is 11.5 Å². The van der Waals surface area contributed by atoms with E-state index in [-0.39, 0.29) is 5.75 Å². The lowest BCUT2D eigenvalue weighted by Gasteiger charge is -2.39. The van der Waals surface area contributed by atoms with Gasteiger partial charge >= 0.3 is 17.9 Å². The number of ether oxygens (including phenoxy) is 4. The Bertz CT molecular complexity index is 945. The van der Waals surface area contributed by atoms with Crippen LogP contribution in [0.5, 0.6) is 5.75 Å². The molecule has 0 unspecified atom stereocenters. The molecule has 0 aromatic carbocycles. The Kier molecular flexibility index (Phi) is 7.16. The molecule has 1 aliphatic rings. The number of carbonyl (C=O) groups excluding carboxylic acids is 3. The van der Waals surface area contributed by atoms with Gasteiger partial charge in [-0.15, -0.1) is 11.8 Å². The number of aromatic nitrogens is 2. The molecule has 1 saturated heterocycles. The molecule has 1 aliphatic heterocycles. The van der Waals surface area contributed by atoms with E-state index in [2.05, 4.69) is 10.1 Å². The average Bonchev–Trinajstić information content (AvgIpc) is 3.12. The Morgan fingerprint density at radius 3 is 2.23 bits per heavy atom. The minimum Gasteiger partial charge on any atom is -0.474 e. The standard InChI is InChI=1S/C20H22N2O8S/c1-10-15(8-22-30-10)16-6-5-14(7-21-16)29-20-19(28-13(4)25)18(27-12(3)24)17(9-31-20)26-11(2)23/h5-8,17-20H,9H2,1-4H3/t17-,18+,19-,20-/m1/s1. The van der Waals surface area contributed by atoms with E-state index in [1.54, 1.807) is 25.3 Å². The van der Waals surface area contributed by atoms with Gasteiger partial charge in [-0.05, 0) is 19.1 Å². The molecule has 166 valence electrons. The maximum Gasteiger partial charge on any atom is 0.303 e. The summed E-state index contributed by atoms with van der Waals surface area (Å²) in [6.07, 6.45) is 0.303. The largest absolute Gasteiger partial charge is 0.474 e. The summed E-state index contributed by atoms with van der Waals surface area (Å²) in [5.41, 5.74) is 0.701. The topological polar surface area (TPSA) is 127 Å². The summed E-state index contributed by atoms with van der Waals surface area (Å²) in [6, 6.07) is 3.45. The van der Waals surface area contributed by atoms with Gasteiger partial charge < -0.3 is 23.5 Å². The summed E-state index contributed by atoms with van der Waals surface area (Å²) < 4.78 is 27.1. The molecule has 2 aromatic heterocycles.